The van der Waals surface area contributed by atoms with E-state index in [2.05, 4.69) is 4.98 Å². The van der Waals surface area contributed by atoms with Crippen LogP contribution in [0.2, 0.25) is 5.02 Å². The topological polar surface area (TPSA) is 39.2 Å². The quantitative estimate of drug-likeness (QED) is 0.785. The summed E-state index contributed by atoms with van der Waals surface area (Å²) < 4.78 is 19.2. The molecule has 0 saturated heterocycles. The lowest BCUT2D eigenvalue weighted by Crippen LogP contribution is -2.06. The molecule has 5 heteroatoms. The normalized spacial score (nSPS) is 10.3. The number of nitrogens with zero attached hydrogens (tertiary/aromatic N) is 1. The number of carbonyl (C=O) groups excluding carboxylic acids is 1. The Labute approximate surface area is 121 Å². The Morgan fingerprint density at radius 1 is 1.40 bits per heavy atom. The lowest BCUT2D eigenvalue weighted by molar-refractivity contribution is 0.103. The van der Waals surface area contributed by atoms with Gasteiger partial charge in [-0.1, -0.05) is 24.6 Å². The largest absolute Gasteiger partial charge is 0.492 e. The van der Waals surface area contributed by atoms with Gasteiger partial charge in [-0.15, -0.1) is 0 Å². The molecule has 0 aliphatic rings. The van der Waals surface area contributed by atoms with Crippen LogP contribution in [0.5, 0.6) is 5.75 Å². The van der Waals surface area contributed by atoms with Gasteiger partial charge in [0, 0.05) is 11.8 Å². The van der Waals surface area contributed by atoms with Crippen molar-refractivity contribution in [3.05, 3.63) is 58.6 Å². The smallest absolute Gasteiger partial charge is 0.197 e. The van der Waals surface area contributed by atoms with E-state index in [1.54, 1.807) is 6.07 Å². The van der Waals surface area contributed by atoms with Gasteiger partial charge in [0.15, 0.2) is 11.6 Å². The number of ether oxygens (including phenoxy) is 1. The number of hydrogen-bond donors (Lipinski definition) is 0. The molecule has 0 aliphatic heterocycles. The van der Waals surface area contributed by atoms with Crippen LogP contribution in [0.1, 0.15) is 29.3 Å². The number of benzene rings is 1. The van der Waals surface area contributed by atoms with Crippen molar-refractivity contribution in [3.63, 3.8) is 0 Å². The van der Waals surface area contributed by atoms with Crippen LogP contribution >= 0.6 is 11.6 Å². The molecule has 0 radical (unpaired) electrons. The molecule has 104 valence electrons. The van der Waals surface area contributed by atoms with E-state index < -0.39 is 11.6 Å². The lowest BCUT2D eigenvalue weighted by Gasteiger charge is -2.07. The van der Waals surface area contributed by atoms with Gasteiger partial charge < -0.3 is 4.74 Å². The molecule has 0 unspecified atom stereocenters. The van der Waals surface area contributed by atoms with E-state index in [4.69, 9.17) is 16.3 Å². The van der Waals surface area contributed by atoms with Gasteiger partial charge in [0.1, 0.15) is 5.75 Å². The second kappa shape index (κ2) is 6.48. The Morgan fingerprint density at radius 2 is 2.20 bits per heavy atom. The van der Waals surface area contributed by atoms with Crippen molar-refractivity contribution >= 4 is 17.4 Å². The molecule has 1 aromatic carbocycles. The molecule has 0 spiro atoms. The fraction of sp³-hybridized carbons (Fsp3) is 0.200. The Balaban J connectivity index is 2.31. The summed E-state index contributed by atoms with van der Waals surface area (Å²) in [6.45, 7) is 2.51. The minimum absolute atomic E-state index is 0.0769. The number of halogens is 2. The molecule has 1 heterocycles. The third-order valence-corrected chi connectivity index (χ3v) is 2.94. The van der Waals surface area contributed by atoms with Gasteiger partial charge in [-0.25, -0.2) is 4.39 Å². The summed E-state index contributed by atoms with van der Waals surface area (Å²) in [7, 11) is 0. The highest BCUT2D eigenvalue weighted by Crippen LogP contribution is 2.21. The van der Waals surface area contributed by atoms with Gasteiger partial charge in [-0.3, -0.25) is 9.78 Å². The number of pyridine rings is 1. The molecule has 0 N–H and O–H groups in total. The fourth-order valence-corrected chi connectivity index (χ4v) is 1.85. The van der Waals surface area contributed by atoms with Crippen LogP contribution in [0.4, 0.5) is 4.39 Å². The Morgan fingerprint density at radius 3 is 2.95 bits per heavy atom. The van der Waals surface area contributed by atoms with Crippen LogP contribution < -0.4 is 4.74 Å². The van der Waals surface area contributed by atoms with Crippen molar-refractivity contribution in [3.8, 4) is 5.75 Å². The molecular formula is C15H13ClFNO2. The van der Waals surface area contributed by atoms with E-state index >= 15 is 0 Å². The average Bonchev–Trinajstić information content (AvgIpc) is 2.47. The molecule has 3 nitrogen and oxygen atoms in total. The highest BCUT2D eigenvalue weighted by molar-refractivity contribution is 6.31. The van der Waals surface area contributed by atoms with E-state index in [-0.39, 0.29) is 16.1 Å². The highest BCUT2D eigenvalue weighted by atomic mass is 35.5. The second-order valence-corrected chi connectivity index (χ2v) is 4.60. The van der Waals surface area contributed by atoms with Gasteiger partial charge in [-0.2, -0.15) is 0 Å². The molecule has 0 fully saturated rings. The molecule has 0 bridgehead atoms. The van der Waals surface area contributed by atoms with E-state index in [0.717, 1.165) is 6.42 Å². The minimum Gasteiger partial charge on any atom is -0.492 e. The highest BCUT2D eigenvalue weighted by Gasteiger charge is 2.16. The third kappa shape index (κ3) is 3.14. The summed E-state index contributed by atoms with van der Waals surface area (Å²) in [6.07, 6.45) is 3.74. The Bertz CT molecular complexity index is 631. The first-order valence-corrected chi connectivity index (χ1v) is 6.58. The van der Waals surface area contributed by atoms with Crippen LogP contribution in [0.15, 0.2) is 36.7 Å². The minimum atomic E-state index is -0.723. The van der Waals surface area contributed by atoms with Crippen LogP contribution in [0, 0.1) is 5.82 Å². The maximum Gasteiger partial charge on any atom is 0.197 e. The number of aromatic nitrogens is 1. The number of ketones is 1. The molecule has 1 aromatic heterocycles. The van der Waals surface area contributed by atoms with Crippen molar-refractivity contribution in [1.29, 1.82) is 0 Å². The van der Waals surface area contributed by atoms with Gasteiger partial charge >= 0.3 is 0 Å². The van der Waals surface area contributed by atoms with Gasteiger partial charge in [0.25, 0.3) is 0 Å². The predicted molar refractivity (Wildman–Crippen MR) is 74.9 cm³/mol. The first-order chi connectivity index (χ1) is 9.63. The molecular weight excluding hydrogens is 281 g/mol. The molecule has 0 aliphatic carbocycles. The summed E-state index contributed by atoms with van der Waals surface area (Å²) >= 11 is 5.68. The zero-order chi connectivity index (χ0) is 14.5. The van der Waals surface area contributed by atoms with Crippen molar-refractivity contribution in [2.24, 2.45) is 0 Å². The molecule has 0 atom stereocenters. The van der Waals surface area contributed by atoms with Crippen LogP contribution in [0.3, 0.4) is 0 Å². The number of carbonyl (C=O) groups is 1. The summed E-state index contributed by atoms with van der Waals surface area (Å²) in [5.41, 5.74) is 0.187. The van der Waals surface area contributed by atoms with E-state index in [1.165, 1.54) is 30.6 Å². The lowest BCUT2D eigenvalue weighted by atomic mass is 10.0. The Hall–Kier alpha value is -1.94. The van der Waals surface area contributed by atoms with E-state index in [1.807, 2.05) is 6.92 Å². The summed E-state index contributed by atoms with van der Waals surface area (Å²) in [4.78, 5) is 16.2. The predicted octanol–water partition coefficient (Wildman–Crippen LogP) is 3.89. The maximum absolute atomic E-state index is 13.8. The maximum atomic E-state index is 13.8. The van der Waals surface area contributed by atoms with Crippen LogP contribution in [-0.4, -0.2) is 17.4 Å². The average molecular weight is 294 g/mol. The summed E-state index contributed by atoms with van der Waals surface area (Å²) in [6, 6.07) is 5.87. The van der Waals surface area contributed by atoms with Gasteiger partial charge in [0.05, 0.1) is 23.4 Å². The Kier molecular flexibility index (Phi) is 4.69. The molecule has 0 amide bonds. The summed E-state index contributed by atoms with van der Waals surface area (Å²) in [5, 5.41) is -0.0813. The first kappa shape index (κ1) is 14.5. The molecule has 2 rings (SSSR count). The monoisotopic (exact) mass is 293 g/mol. The van der Waals surface area contributed by atoms with Crippen molar-refractivity contribution < 1.29 is 13.9 Å². The third-order valence-electron chi connectivity index (χ3n) is 2.64. The van der Waals surface area contributed by atoms with Crippen LogP contribution in [-0.2, 0) is 0 Å². The summed E-state index contributed by atoms with van der Waals surface area (Å²) in [5.74, 6) is -0.710. The zero-order valence-electron chi connectivity index (χ0n) is 10.9. The fourth-order valence-electron chi connectivity index (χ4n) is 1.68. The van der Waals surface area contributed by atoms with Crippen molar-refractivity contribution in [2.45, 2.75) is 13.3 Å². The SMILES string of the molecule is CCCOc1cncc(C(=O)c2cccc(Cl)c2F)c1. The van der Waals surface area contributed by atoms with E-state index in [0.29, 0.717) is 12.4 Å². The van der Waals surface area contributed by atoms with Crippen molar-refractivity contribution in [1.82, 2.24) is 4.98 Å². The van der Waals surface area contributed by atoms with Crippen LogP contribution in [0.25, 0.3) is 0 Å². The van der Waals surface area contributed by atoms with Gasteiger partial charge in [-0.05, 0) is 24.6 Å². The number of rotatable bonds is 5. The number of hydrogen-bond acceptors (Lipinski definition) is 3. The molecule has 0 saturated carbocycles. The second-order valence-electron chi connectivity index (χ2n) is 4.19. The van der Waals surface area contributed by atoms with Crippen molar-refractivity contribution in [2.75, 3.05) is 6.61 Å². The van der Waals surface area contributed by atoms with Gasteiger partial charge in [0.2, 0.25) is 0 Å². The van der Waals surface area contributed by atoms with E-state index in [9.17, 15) is 9.18 Å². The molecule has 20 heavy (non-hydrogen) atoms. The standard InChI is InChI=1S/C15H13ClFNO2/c1-2-6-20-11-7-10(8-18-9-11)15(19)12-4-3-5-13(16)14(12)17/h3-5,7-9H,2,6H2,1H3. The zero-order valence-corrected chi connectivity index (χ0v) is 11.7. The molecule has 2 aromatic rings. The first-order valence-electron chi connectivity index (χ1n) is 6.20.